The Kier molecular flexibility index (Phi) is 5.29. The molecule has 2 N–H and O–H groups in total. The summed E-state index contributed by atoms with van der Waals surface area (Å²) in [6.07, 6.45) is 0. The highest BCUT2D eigenvalue weighted by atomic mass is 16.5. The number of aliphatic hydroxyl groups excluding tert-OH is 1. The van der Waals surface area contributed by atoms with Gasteiger partial charge in [0.15, 0.2) is 18.1 Å². The van der Waals surface area contributed by atoms with Gasteiger partial charge in [-0.05, 0) is 24.6 Å². The number of methoxy groups -OCH3 is 1. The Hall–Kier alpha value is -1.75. The van der Waals surface area contributed by atoms with Gasteiger partial charge in [-0.3, -0.25) is 4.79 Å². The van der Waals surface area contributed by atoms with E-state index in [-0.39, 0.29) is 19.1 Å². The summed E-state index contributed by atoms with van der Waals surface area (Å²) in [6, 6.07) is 5.06. The first-order valence-corrected chi connectivity index (χ1v) is 5.38. The molecule has 1 rings (SSSR count). The van der Waals surface area contributed by atoms with Crippen LogP contribution in [0, 0.1) is 0 Å². The van der Waals surface area contributed by atoms with Crippen molar-refractivity contribution in [1.82, 2.24) is 5.32 Å². The lowest BCUT2D eigenvalue weighted by atomic mass is 10.2. The summed E-state index contributed by atoms with van der Waals surface area (Å²) in [7, 11) is 1.51. The van der Waals surface area contributed by atoms with Gasteiger partial charge in [0.05, 0.1) is 13.7 Å². The predicted molar refractivity (Wildman–Crippen MR) is 63.1 cm³/mol. The molecule has 0 bridgehead atoms. The molecule has 1 amide bonds. The summed E-state index contributed by atoms with van der Waals surface area (Å²) in [5.74, 6) is 0.803. The van der Waals surface area contributed by atoms with E-state index in [2.05, 4.69) is 5.32 Å². The van der Waals surface area contributed by atoms with Crippen molar-refractivity contribution < 1.29 is 19.4 Å². The number of nitrogens with one attached hydrogen (secondary N) is 1. The molecule has 5 heteroatoms. The minimum Gasteiger partial charge on any atom is -0.493 e. The van der Waals surface area contributed by atoms with E-state index in [0.29, 0.717) is 18.0 Å². The Bertz CT molecular complexity index is 379. The number of likely N-dealkylation sites (N-methyl/N-ethyl adjacent to an activating group) is 1. The molecule has 0 aliphatic rings. The molecule has 0 atom stereocenters. The molecule has 5 nitrogen and oxygen atoms in total. The molecule has 17 heavy (non-hydrogen) atoms. The van der Waals surface area contributed by atoms with Crippen molar-refractivity contribution in [2.75, 3.05) is 20.3 Å². The van der Waals surface area contributed by atoms with Crippen molar-refractivity contribution in [2.24, 2.45) is 0 Å². The molecule has 0 fully saturated rings. The molecule has 94 valence electrons. The lowest BCUT2D eigenvalue weighted by Gasteiger charge is -2.11. The van der Waals surface area contributed by atoms with E-state index in [4.69, 9.17) is 14.6 Å². The van der Waals surface area contributed by atoms with Gasteiger partial charge in [0.25, 0.3) is 5.91 Å². The average molecular weight is 239 g/mol. The molecular formula is C12H17NO4. The van der Waals surface area contributed by atoms with Crippen LogP contribution in [0.5, 0.6) is 11.5 Å². The van der Waals surface area contributed by atoms with Gasteiger partial charge in [-0.25, -0.2) is 0 Å². The van der Waals surface area contributed by atoms with Crippen LogP contribution in [0.25, 0.3) is 0 Å². The third-order valence-corrected chi connectivity index (χ3v) is 2.14. The van der Waals surface area contributed by atoms with Gasteiger partial charge in [-0.1, -0.05) is 6.07 Å². The van der Waals surface area contributed by atoms with Crippen molar-refractivity contribution in [3.63, 3.8) is 0 Å². The summed E-state index contributed by atoms with van der Waals surface area (Å²) >= 11 is 0. The maximum atomic E-state index is 11.2. The average Bonchev–Trinajstić information content (AvgIpc) is 2.36. The molecule has 0 saturated heterocycles. The first-order valence-electron chi connectivity index (χ1n) is 5.38. The van der Waals surface area contributed by atoms with Gasteiger partial charge in [-0.15, -0.1) is 0 Å². The summed E-state index contributed by atoms with van der Waals surface area (Å²) in [5, 5.41) is 11.6. The molecule has 0 spiro atoms. The quantitative estimate of drug-likeness (QED) is 0.767. The van der Waals surface area contributed by atoms with E-state index < -0.39 is 0 Å². The highest BCUT2D eigenvalue weighted by molar-refractivity contribution is 5.77. The fraction of sp³-hybridized carbons (Fsp3) is 0.417. The van der Waals surface area contributed by atoms with Crippen molar-refractivity contribution in [2.45, 2.75) is 13.5 Å². The van der Waals surface area contributed by atoms with Crippen LogP contribution < -0.4 is 14.8 Å². The van der Waals surface area contributed by atoms with E-state index in [1.807, 2.05) is 6.92 Å². The van der Waals surface area contributed by atoms with Crippen LogP contribution >= 0.6 is 0 Å². The lowest BCUT2D eigenvalue weighted by molar-refractivity contribution is -0.123. The number of hydrogen-bond acceptors (Lipinski definition) is 4. The van der Waals surface area contributed by atoms with Crippen molar-refractivity contribution >= 4 is 5.91 Å². The zero-order chi connectivity index (χ0) is 12.7. The number of amides is 1. The fourth-order valence-electron chi connectivity index (χ4n) is 1.32. The zero-order valence-electron chi connectivity index (χ0n) is 10.0. The van der Waals surface area contributed by atoms with Crippen LogP contribution in [-0.2, 0) is 11.4 Å². The maximum absolute atomic E-state index is 11.2. The number of ether oxygens (including phenoxy) is 2. The Morgan fingerprint density at radius 3 is 2.76 bits per heavy atom. The third kappa shape index (κ3) is 3.96. The lowest BCUT2D eigenvalue weighted by Crippen LogP contribution is -2.28. The molecule has 0 aliphatic heterocycles. The van der Waals surface area contributed by atoms with Gasteiger partial charge in [0, 0.05) is 6.54 Å². The smallest absolute Gasteiger partial charge is 0.257 e. The van der Waals surface area contributed by atoms with Crippen LogP contribution in [0.2, 0.25) is 0 Å². The van der Waals surface area contributed by atoms with E-state index in [0.717, 1.165) is 5.56 Å². The minimum absolute atomic E-state index is 0.0529. The summed E-state index contributed by atoms with van der Waals surface area (Å²) in [6.45, 7) is 2.30. The van der Waals surface area contributed by atoms with Crippen LogP contribution in [-0.4, -0.2) is 31.3 Å². The Labute approximate surface area is 100 Å². The Morgan fingerprint density at radius 2 is 2.18 bits per heavy atom. The van der Waals surface area contributed by atoms with Gasteiger partial charge in [-0.2, -0.15) is 0 Å². The van der Waals surface area contributed by atoms with Gasteiger partial charge in [0.1, 0.15) is 0 Å². The molecule has 0 aliphatic carbocycles. The summed E-state index contributed by atoms with van der Waals surface area (Å²) in [5.41, 5.74) is 0.729. The molecular weight excluding hydrogens is 222 g/mol. The number of carbonyl (C=O) groups excluding carboxylic acids is 1. The first kappa shape index (κ1) is 13.3. The highest BCUT2D eigenvalue weighted by Crippen LogP contribution is 2.27. The number of aliphatic hydroxyl groups is 1. The summed E-state index contributed by atoms with van der Waals surface area (Å²) in [4.78, 5) is 11.2. The van der Waals surface area contributed by atoms with Crippen molar-refractivity contribution in [3.05, 3.63) is 23.8 Å². The second-order valence-electron chi connectivity index (χ2n) is 3.39. The molecule has 0 radical (unpaired) electrons. The topological polar surface area (TPSA) is 67.8 Å². The monoisotopic (exact) mass is 239 g/mol. The van der Waals surface area contributed by atoms with Gasteiger partial charge >= 0.3 is 0 Å². The molecule has 0 heterocycles. The molecule has 1 aromatic carbocycles. The van der Waals surface area contributed by atoms with Crippen molar-refractivity contribution in [3.8, 4) is 11.5 Å². The SMILES string of the molecule is CCNC(=O)COc1ccc(CO)cc1OC. The molecule has 0 aromatic heterocycles. The molecule has 1 aromatic rings. The second-order valence-corrected chi connectivity index (χ2v) is 3.39. The van der Waals surface area contributed by atoms with E-state index in [1.54, 1.807) is 18.2 Å². The minimum atomic E-state index is -0.180. The molecule has 0 saturated carbocycles. The number of carbonyl (C=O) groups is 1. The van der Waals surface area contributed by atoms with E-state index in [1.165, 1.54) is 7.11 Å². The standard InChI is InChI=1S/C12H17NO4/c1-3-13-12(15)8-17-10-5-4-9(7-14)6-11(10)16-2/h4-6,14H,3,7-8H2,1-2H3,(H,13,15). The van der Waals surface area contributed by atoms with Gasteiger partial charge in [0.2, 0.25) is 0 Å². The van der Waals surface area contributed by atoms with Crippen molar-refractivity contribution in [1.29, 1.82) is 0 Å². The van der Waals surface area contributed by atoms with Gasteiger partial charge < -0.3 is 19.9 Å². The predicted octanol–water partition coefficient (Wildman–Crippen LogP) is 0.702. The Morgan fingerprint density at radius 1 is 1.41 bits per heavy atom. The molecule has 0 unspecified atom stereocenters. The summed E-state index contributed by atoms with van der Waals surface area (Å²) < 4.78 is 10.4. The second kappa shape index (κ2) is 6.75. The van der Waals surface area contributed by atoms with Crippen LogP contribution in [0.15, 0.2) is 18.2 Å². The normalized spacial score (nSPS) is 9.82. The van der Waals surface area contributed by atoms with Crippen LogP contribution in [0.1, 0.15) is 12.5 Å². The number of hydrogen-bond donors (Lipinski definition) is 2. The van der Waals surface area contributed by atoms with E-state index >= 15 is 0 Å². The maximum Gasteiger partial charge on any atom is 0.257 e. The number of rotatable bonds is 6. The first-order chi connectivity index (χ1) is 8.21. The zero-order valence-corrected chi connectivity index (χ0v) is 10.0. The van der Waals surface area contributed by atoms with Crippen LogP contribution in [0.4, 0.5) is 0 Å². The fourth-order valence-corrected chi connectivity index (χ4v) is 1.32. The largest absolute Gasteiger partial charge is 0.493 e. The third-order valence-electron chi connectivity index (χ3n) is 2.14. The highest BCUT2D eigenvalue weighted by Gasteiger charge is 2.07. The Balaban J connectivity index is 2.67. The van der Waals surface area contributed by atoms with Crippen LogP contribution in [0.3, 0.4) is 0 Å². The van der Waals surface area contributed by atoms with E-state index in [9.17, 15) is 4.79 Å². The number of benzene rings is 1.